The number of aromatic nitrogens is 2. The largest absolute Gasteiger partial charge is 0.351 e. The number of amides is 2. The summed E-state index contributed by atoms with van der Waals surface area (Å²) in [5.74, 6) is -1.05. The lowest BCUT2D eigenvalue weighted by Crippen LogP contribution is -2.49. The lowest BCUT2D eigenvalue weighted by Gasteiger charge is -2.33. The number of rotatable bonds is 7. The first-order valence-corrected chi connectivity index (χ1v) is 11.7. The summed E-state index contributed by atoms with van der Waals surface area (Å²) in [7, 11) is 0. The average molecular weight is 485 g/mol. The highest BCUT2D eigenvalue weighted by Gasteiger charge is 2.34. The minimum Gasteiger partial charge on any atom is -0.351 e. The van der Waals surface area contributed by atoms with Crippen molar-refractivity contribution in [2.45, 2.75) is 38.9 Å². The van der Waals surface area contributed by atoms with Crippen molar-refractivity contribution in [2.24, 2.45) is 0 Å². The number of nitrogens with zero attached hydrogens (tertiary/aromatic N) is 2. The zero-order valence-corrected chi connectivity index (χ0v) is 20.5. The zero-order valence-electron chi connectivity index (χ0n) is 20.5. The maximum Gasteiger partial charge on any atom is 0.271 e. The molecule has 0 aliphatic rings. The molecule has 2 N–H and O–H groups in total. The highest BCUT2D eigenvalue weighted by Crippen LogP contribution is 2.27. The van der Waals surface area contributed by atoms with E-state index in [2.05, 4.69) is 15.3 Å². The van der Waals surface area contributed by atoms with E-state index in [1.54, 1.807) is 42.7 Å². The zero-order chi connectivity index (χ0) is 25.7. The molecule has 6 nitrogen and oxygen atoms in total. The van der Waals surface area contributed by atoms with Crippen molar-refractivity contribution in [3.05, 3.63) is 114 Å². The smallest absolute Gasteiger partial charge is 0.271 e. The van der Waals surface area contributed by atoms with Crippen LogP contribution in [0, 0.1) is 5.82 Å². The van der Waals surface area contributed by atoms with E-state index >= 15 is 0 Å². The van der Waals surface area contributed by atoms with Crippen molar-refractivity contribution >= 4 is 11.8 Å². The van der Waals surface area contributed by atoms with E-state index in [0.29, 0.717) is 16.8 Å². The third-order valence-corrected chi connectivity index (χ3v) is 5.61. The van der Waals surface area contributed by atoms with Gasteiger partial charge in [0.1, 0.15) is 17.6 Å². The number of hydrogen-bond acceptors (Lipinski definition) is 3. The molecule has 0 fully saturated rings. The van der Waals surface area contributed by atoms with Gasteiger partial charge in [0, 0.05) is 30.2 Å². The fraction of sp³-hybridized carbons (Fsp3) is 0.207. The van der Waals surface area contributed by atoms with Crippen LogP contribution in [-0.2, 0) is 11.3 Å². The standard InChI is InChI=1S/C29H29FN4O2/c1-29(2,3)33-27(35)26(22-15-17-31-18-16-22)34(19-20-9-11-23(30)12-10-20)28(36)25-14-13-24(32-25)21-7-5-4-6-8-21/h4-18,26,32H,19H2,1-3H3,(H,33,35). The number of halogens is 1. The number of carbonyl (C=O) groups is 2. The van der Waals surface area contributed by atoms with Crippen LogP contribution in [0.15, 0.2) is 91.3 Å². The summed E-state index contributed by atoms with van der Waals surface area (Å²) < 4.78 is 13.6. The van der Waals surface area contributed by atoms with Crippen molar-refractivity contribution in [3.63, 3.8) is 0 Å². The molecule has 1 unspecified atom stereocenters. The van der Waals surface area contributed by atoms with Gasteiger partial charge in [-0.05, 0) is 73.9 Å². The fourth-order valence-corrected chi connectivity index (χ4v) is 3.98. The first-order valence-electron chi connectivity index (χ1n) is 11.7. The second-order valence-electron chi connectivity index (χ2n) is 9.63. The van der Waals surface area contributed by atoms with Crippen molar-refractivity contribution in [1.29, 1.82) is 0 Å². The first-order chi connectivity index (χ1) is 17.2. The predicted octanol–water partition coefficient (Wildman–Crippen LogP) is 5.51. The number of hydrogen-bond donors (Lipinski definition) is 2. The molecular formula is C29H29FN4O2. The molecule has 0 radical (unpaired) electrons. The van der Waals surface area contributed by atoms with Crippen LogP contribution in [0.25, 0.3) is 11.3 Å². The molecule has 2 amide bonds. The van der Waals surface area contributed by atoms with Gasteiger partial charge in [0.25, 0.3) is 5.91 Å². The number of H-pyrrole nitrogens is 1. The van der Waals surface area contributed by atoms with Crippen LogP contribution in [0.2, 0.25) is 0 Å². The summed E-state index contributed by atoms with van der Waals surface area (Å²) in [6, 6.07) is 21.7. The summed E-state index contributed by atoms with van der Waals surface area (Å²) in [6.07, 6.45) is 3.19. The van der Waals surface area contributed by atoms with Gasteiger partial charge in [-0.1, -0.05) is 42.5 Å². The molecule has 0 saturated heterocycles. The van der Waals surface area contributed by atoms with Crippen LogP contribution >= 0.6 is 0 Å². The molecule has 4 rings (SSSR count). The van der Waals surface area contributed by atoms with E-state index in [9.17, 15) is 14.0 Å². The maximum absolute atomic E-state index is 14.0. The minimum atomic E-state index is -0.937. The molecule has 0 saturated carbocycles. The Morgan fingerprint density at radius 2 is 1.61 bits per heavy atom. The van der Waals surface area contributed by atoms with Crippen molar-refractivity contribution < 1.29 is 14.0 Å². The SMILES string of the molecule is CC(C)(C)NC(=O)C(c1ccncc1)N(Cc1ccc(F)cc1)C(=O)c1ccc(-c2ccccc2)[nH]1. The molecule has 2 aromatic carbocycles. The van der Waals surface area contributed by atoms with Gasteiger partial charge in [0.15, 0.2) is 0 Å². The molecule has 4 aromatic rings. The van der Waals surface area contributed by atoms with Crippen LogP contribution in [-0.4, -0.2) is 32.2 Å². The second-order valence-corrected chi connectivity index (χ2v) is 9.63. The highest BCUT2D eigenvalue weighted by molar-refractivity contribution is 5.97. The summed E-state index contributed by atoms with van der Waals surface area (Å²) in [4.78, 5) is 36.4. The van der Waals surface area contributed by atoms with Crippen LogP contribution < -0.4 is 5.32 Å². The van der Waals surface area contributed by atoms with Gasteiger partial charge in [0.2, 0.25) is 5.91 Å². The Bertz CT molecular complexity index is 1310. The quantitative estimate of drug-likeness (QED) is 0.363. The Balaban J connectivity index is 1.77. The van der Waals surface area contributed by atoms with Crippen LogP contribution in [0.1, 0.15) is 48.4 Å². The molecule has 0 aliphatic carbocycles. The molecule has 36 heavy (non-hydrogen) atoms. The molecular weight excluding hydrogens is 455 g/mol. The van der Waals surface area contributed by atoms with Gasteiger partial charge in [-0.2, -0.15) is 0 Å². The van der Waals surface area contributed by atoms with E-state index in [-0.39, 0.29) is 24.2 Å². The second kappa shape index (κ2) is 10.6. The van der Waals surface area contributed by atoms with Crippen LogP contribution in [0.4, 0.5) is 4.39 Å². The van der Waals surface area contributed by atoms with Crippen molar-refractivity contribution in [2.75, 3.05) is 0 Å². The van der Waals surface area contributed by atoms with E-state index in [4.69, 9.17) is 0 Å². The Kier molecular flexibility index (Phi) is 7.29. The molecule has 0 spiro atoms. The predicted molar refractivity (Wildman–Crippen MR) is 137 cm³/mol. The Labute approximate surface area is 210 Å². The third-order valence-electron chi connectivity index (χ3n) is 5.61. The van der Waals surface area contributed by atoms with Gasteiger partial charge in [-0.3, -0.25) is 14.6 Å². The highest BCUT2D eigenvalue weighted by atomic mass is 19.1. The normalized spacial score (nSPS) is 12.1. The molecule has 7 heteroatoms. The van der Waals surface area contributed by atoms with Gasteiger partial charge in [-0.25, -0.2) is 4.39 Å². The number of benzene rings is 2. The number of aromatic amines is 1. The Morgan fingerprint density at radius 3 is 2.25 bits per heavy atom. The minimum absolute atomic E-state index is 0.101. The topological polar surface area (TPSA) is 78.1 Å². The molecule has 2 heterocycles. The lowest BCUT2D eigenvalue weighted by atomic mass is 10.0. The molecule has 2 aromatic heterocycles. The number of nitrogens with one attached hydrogen (secondary N) is 2. The van der Waals surface area contributed by atoms with Crippen molar-refractivity contribution in [3.8, 4) is 11.3 Å². The Hall–Kier alpha value is -4.26. The summed E-state index contributed by atoms with van der Waals surface area (Å²) >= 11 is 0. The van der Waals surface area contributed by atoms with Gasteiger partial charge in [-0.15, -0.1) is 0 Å². The van der Waals surface area contributed by atoms with E-state index < -0.39 is 11.6 Å². The van der Waals surface area contributed by atoms with E-state index in [0.717, 1.165) is 11.3 Å². The molecule has 0 aliphatic heterocycles. The lowest BCUT2D eigenvalue weighted by molar-refractivity contribution is -0.127. The fourth-order valence-electron chi connectivity index (χ4n) is 3.98. The maximum atomic E-state index is 14.0. The van der Waals surface area contributed by atoms with Gasteiger partial charge < -0.3 is 15.2 Å². The van der Waals surface area contributed by atoms with Crippen molar-refractivity contribution in [1.82, 2.24) is 20.2 Å². The molecule has 0 bridgehead atoms. The third kappa shape index (κ3) is 6.05. The van der Waals surface area contributed by atoms with Gasteiger partial charge >= 0.3 is 0 Å². The monoisotopic (exact) mass is 484 g/mol. The van der Waals surface area contributed by atoms with Gasteiger partial charge in [0.05, 0.1) is 0 Å². The first kappa shape index (κ1) is 24.9. The summed E-state index contributed by atoms with van der Waals surface area (Å²) in [5, 5.41) is 3.01. The Morgan fingerprint density at radius 1 is 0.944 bits per heavy atom. The number of pyridine rings is 1. The van der Waals surface area contributed by atoms with E-state index in [1.165, 1.54) is 17.0 Å². The molecule has 184 valence electrons. The van der Waals surface area contributed by atoms with Crippen LogP contribution in [0.3, 0.4) is 0 Å². The van der Waals surface area contributed by atoms with Crippen LogP contribution in [0.5, 0.6) is 0 Å². The molecule has 1 atom stereocenters. The average Bonchev–Trinajstić information content (AvgIpc) is 3.35. The number of carbonyl (C=O) groups excluding carboxylic acids is 2. The summed E-state index contributed by atoms with van der Waals surface area (Å²) in [5.41, 5.74) is 2.88. The summed E-state index contributed by atoms with van der Waals surface area (Å²) in [6.45, 7) is 5.76. The van der Waals surface area contributed by atoms with E-state index in [1.807, 2.05) is 57.2 Å².